The van der Waals surface area contributed by atoms with E-state index in [1.807, 2.05) is 0 Å². The van der Waals surface area contributed by atoms with Crippen LogP contribution in [0, 0.1) is 5.92 Å². The van der Waals surface area contributed by atoms with Crippen molar-refractivity contribution in [2.45, 2.75) is 12.5 Å². The summed E-state index contributed by atoms with van der Waals surface area (Å²) in [6, 6.07) is -1.23. The molecule has 0 radical (unpaired) electrons. The Morgan fingerprint density at radius 1 is 1.47 bits per heavy atom. The third kappa shape index (κ3) is 3.21. The molecule has 0 bridgehead atoms. The summed E-state index contributed by atoms with van der Waals surface area (Å²) in [6.07, 6.45) is -0.388. The molecule has 1 heterocycles. The van der Waals surface area contributed by atoms with Crippen molar-refractivity contribution < 1.29 is 19.5 Å². The lowest BCUT2D eigenvalue weighted by Crippen LogP contribution is -2.54. The third-order valence-corrected chi connectivity index (χ3v) is 2.17. The van der Waals surface area contributed by atoms with Crippen molar-refractivity contribution in [2.24, 2.45) is 11.7 Å². The number of rotatable bonds is 5. The first-order valence-electron chi connectivity index (χ1n) is 4.53. The van der Waals surface area contributed by atoms with Crippen molar-refractivity contribution in [3.05, 3.63) is 0 Å². The zero-order chi connectivity index (χ0) is 11.4. The molecule has 7 heteroatoms. The quantitative estimate of drug-likeness (QED) is 0.409. The topological polar surface area (TPSA) is 122 Å². The molecule has 1 atom stereocenters. The molecule has 0 aliphatic carbocycles. The minimum atomic E-state index is -1.26. The van der Waals surface area contributed by atoms with Crippen LogP contribution < -0.4 is 16.4 Å². The Hall–Kier alpha value is -1.63. The van der Waals surface area contributed by atoms with E-state index in [4.69, 9.17) is 10.8 Å². The molecule has 1 aliphatic rings. The summed E-state index contributed by atoms with van der Waals surface area (Å²) in [5.41, 5.74) is 4.86. The van der Waals surface area contributed by atoms with Crippen molar-refractivity contribution in [2.75, 3.05) is 13.1 Å². The van der Waals surface area contributed by atoms with E-state index in [0.29, 0.717) is 13.1 Å². The monoisotopic (exact) mass is 215 g/mol. The van der Waals surface area contributed by atoms with Gasteiger partial charge in [-0.15, -0.1) is 0 Å². The molecule has 0 spiro atoms. The fourth-order valence-electron chi connectivity index (χ4n) is 1.16. The number of carboxylic acids is 1. The molecule has 0 saturated carbocycles. The second-order valence-electron chi connectivity index (χ2n) is 3.43. The van der Waals surface area contributed by atoms with E-state index in [0.717, 1.165) is 0 Å². The number of amides is 2. The number of hydrogen-bond acceptors (Lipinski definition) is 4. The van der Waals surface area contributed by atoms with Crippen LogP contribution in [0.5, 0.6) is 0 Å². The average molecular weight is 215 g/mol. The maximum Gasteiger partial charge on any atom is 0.326 e. The first-order chi connectivity index (χ1) is 7.00. The van der Waals surface area contributed by atoms with Crippen molar-refractivity contribution in [3.8, 4) is 0 Å². The van der Waals surface area contributed by atoms with Crippen LogP contribution in [0.4, 0.5) is 0 Å². The number of carboxylic acid groups (broad SMARTS) is 1. The highest BCUT2D eigenvalue weighted by atomic mass is 16.4. The van der Waals surface area contributed by atoms with Gasteiger partial charge in [0.2, 0.25) is 11.8 Å². The molecule has 0 aromatic carbocycles. The van der Waals surface area contributed by atoms with Crippen molar-refractivity contribution >= 4 is 17.8 Å². The number of nitrogens with one attached hydrogen (secondary N) is 2. The highest BCUT2D eigenvalue weighted by molar-refractivity contribution is 5.89. The van der Waals surface area contributed by atoms with Gasteiger partial charge < -0.3 is 21.5 Å². The van der Waals surface area contributed by atoms with E-state index < -0.39 is 17.9 Å². The van der Waals surface area contributed by atoms with Gasteiger partial charge in [-0.1, -0.05) is 0 Å². The number of carbonyl (C=O) groups excluding carboxylic acids is 2. The molecule has 1 rings (SSSR count). The summed E-state index contributed by atoms with van der Waals surface area (Å²) >= 11 is 0. The molecule has 5 N–H and O–H groups in total. The first-order valence-corrected chi connectivity index (χ1v) is 4.53. The van der Waals surface area contributed by atoms with Crippen LogP contribution >= 0.6 is 0 Å². The van der Waals surface area contributed by atoms with E-state index >= 15 is 0 Å². The maximum absolute atomic E-state index is 11.4. The van der Waals surface area contributed by atoms with Crippen LogP contribution in [0.3, 0.4) is 0 Å². The lowest BCUT2D eigenvalue weighted by atomic mass is 10.0. The molecule has 15 heavy (non-hydrogen) atoms. The average Bonchev–Trinajstić information content (AvgIpc) is 1.98. The van der Waals surface area contributed by atoms with Gasteiger partial charge in [0.05, 0.1) is 12.3 Å². The summed E-state index contributed by atoms with van der Waals surface area (Å²) < 4.78 is 0. The normalized spacial score (nSPS) is 17.6. The van der Waals surface area contributed by atoms with Crippen LogP contribution in [-0.4, -0.2) is 42.0 Å². The number of carbonyl (C=O) groups is 3. The standard InChI is InChI=1S/C8H13N3O4/c9-6(12)1-5(8(14)15)11-7(13)4-2-10-3-4/h4-5,10H,1-3H2,(H2,9,12)(H,11,13)(H,14,15). The van der Waals surface area contributed by atoms with Crippen molar-refractivity contribution in [3.63, 3.8) is 0 Å². The van der Waals surface area contributed by atoms with E-state index in [9.17, 15) is 14.4 Å². The van der Waals surface area contributed by atoms with Gasteiger partial charge in [0.15, 0.2) is 0 Å². The molecule has 1 fully saturated rings. The van der Waals surface area contributed by atoms with Crippen LogP contribution in [0.25, 0.3) is 0 Å². The maximum atomic E-state index is 11.4. The molecular weight excluding hydrogens is 202 g/mol. The van der Waals surface area contributed by atoms with Crippen LogP contribution in [-0.2, 0) is 14.4 Å². The zero-order valence-corrected chi connectivity index (χ0v) is 8.03. The van der Waals surface area contributed by atoms with Crippen LogP contribution in [0.1, 0.15) is 6.42 Å². The Balaban J connectivity index is 2.46. The van der Waals surface area contributed by atoms with Gasteiger partial charge in [-0.3, -0.25) is 9.59 Å². The summed E-state index contributed by atoms with van der Waals surface area (Å²) in [6.45, 7) is 1.07. The fourth-order valence-corrected chi connectivity index (χ4v) is 1.16. The smallest absolute Gasteiger partial charge is 0.326 e. The lowest BCUT2D eigenvalue weighted by Gasteiger charge is -2.27. The van der Waals surface area contributed by atoms with E-state index in [-0.39, 0.29) is 18.2 Å². The molecule has 2 amide bonds. The molecule has 0 aromatic heterocycles. The Bertz CT molecular complexity index is 288. The largest absolute Gasteiger partial charge is 0.480 e. The number of hydrogen-bond donors (Lipinski definition) is 4. The predicted octanol–water partition coefficient (Wildman–Crippen LogP) is -2.35. The minimum Gasteiger partial charge on any atom is -0.480 e. The number of aliphatic carboxylic acids is 1. The minimum absolute atomic E-state index is 0.209. The Kier molecular flexibility index (Phi) is 3.62. The number of nitrogens with two attached hydrogens (primary N) is 1. The first kappa shape index (κ1) is 11.4. The van der Waals surface area contributed by atoms with Gasteiger partial charge >= 0.3 is 5.97 Å². The molecular formula is C8H13N3O4. The molecule has 7 nitrogen and oxygen atoms in total. The van der Waals surface area contributed by atoms with E-state index in [2.05, 4.69) is 10.6 Å². The van der Waals surface area contributed by atoms with Gasteiger partial charge in [0.25, 0.3) is 0 Å². The highest BCUT2D eigenvalue weighted by Gasteiger charge is 2.29. The summed E-state index contributed by atoms with van der Waals surface area (Å²) in [5, 5.41) is 13.9. The van der Waals surface area contributed by atoms with E-state index in [1.165, 1.54) is 0 Å². The van der Waals surface area contributed by atoms with Gasteiger partial charge in [-0.25, -0.2) is 4.79 Å². The van der Waals surface area contributed by atoms with Gasteiger partial charge in [0, 0.05) is 13.1 Å². The molecule has 1 saturated heterocycles. The lowest BCUT2D eigenvalue weighted by molar-refractivity contribution is -0.144. The summed E-state index contributed by atoms with van der Waals surface area (Å²) in [4.78, 5) is 32.6. The Morgan fingerprint density at radius 2 is 2.07 bits per heavy atom. The van der Waals surface area contributed by atoms with E-state index in [1.54, 1.807) is 0 Å². The predicted molar refractivity (Wildman–Crippen MR) is 49.7 cm³/mol. The molecule has 84 valence electrons. The molecule has 0 aromatic rings. The molecule has 1 aliphatic heterocycles. The highest BCUT2D eigenvalue weighted by Crippen LogP contribution is 2.03. The fraction of sp³-hybridized carbons (Fsp3) is 0.625. The third-order valence-electron chi connectivity index (χ3n) is 2.17. The second kappa shape index (κ2) is 4.74. The second-order valence-corrected chi connectivity index (χ2v) is 3.43. The van der Waals surface area contributed by atoms with Crippen LogP contribution in [0.15, 0.2) is 0 Å². The summed E-state index contributed by atoms with van der Waals surface area (Å²) in [7, 11) is 0. The zero-order valence-electron chi connectivity index (χ0n) is 8.03. The van der Waals surface area contributed by atoms with Gasteiger partial charge in [-0.2, -0.15) is 0 Å². The summed E-state index contributed by atoms with van der Waals surface area (Å²) in [5.74, 6) is -2.58. The molecule has 1 unspecified atom stereocenters. The SMILES string of the molecule is NC(=O)CC(NC(=O)C1CNC1)C(=O)O. The van der Waals surface area contributed by atoms with Gasteiger partial charge in [-0.05, 0) is 0 Å². The van der Waals surface area contributed by atoms with Crippen LogP contribution in [0.2, 0.25) is 0 Å². The van der Waals surface area contributed by atoms with Crippen molar-refractivity contribution in [1.82, 2.24) is 10.6 Å². The van der Waals surface area contributed by atoms with Gasteiger partial charge in [0.1, 0.15) is 6.04 Å². The van der Waals surface area contributed by atoms with Crippen molar-refractivity contribution in [1.29, 1.82) is 0 Å². The Labute approximate surface area is 86.0 Å². The number of primary amides is 1. The Morgan fingerprint density at radius 3 is 2.40 bits per heavy atom.